The van der Waals surface area contributed by atoms with Crippen LogP contribution in [0.4, 0.5) is 0 Å². The zero-order valence-electron chi connectivity index (χ0n) is 7.57. The SMILES string of the molecule is COC1=CCOC1c1ccccc1. The average Bonchev–Trinajstić information content (AvgIpc) is 2.67. The van der Waals surface area contributed by atoms with Crippen LogP contribution in [-0.4, -0.2) is 13.7 Å². The lowest BCUT2D eigenvalue weighted by atomic mass is 10.1. The minimum Gasteiger partial charge on any atom is -0.498 e. The van der Waals surface area contributed by atoms with Crippen molar-refractivity contribution in [2.45, 2.75) is 6.10 Å². The molecule has 0 fully saturated rings. The smallest absolute Gasteiger partial charge is 0.140 e. The van der Waals surface area contributed by atoms with Crippen molar-refractivity contribution in [3.05, 3.63) is 47.7 Å². The van der Waals surface area contributed by atoms with Gasteiger partial charge in [-0.1, -0.05) is 30.3 Å². The molecule has 0 aliphatic carbocycles. The quantitative estimate of drug-likeness (QED) is 0.688. The summed E-state index contributed by atoms with van der Waals surface area (Å²) in [5.74, 6) is 0.909. The first-order chi connectivity index (χ1) is 6.42. The van der Waals surface area contributed by atoms with E-state index < -0.39 is 0 Å². The van der Waals surface area contributed by atoms with Gasteiger partial charge in [-0.3, -0.25) is 0 Å². The lowest BCUT2D eigenvalue weighted by molar-refractivity contribution is 0.0852. The fourth-order valence-electron chi connectivity index (χ4n) is 1.49. The topological polar surface area (TPSA) is 18.5 Å². The molecule has 2 heteroatoms. The Balaban J connectivity index is 2.23. The summed E-state index contributed by atoms with van der Waals surface area (Å²) in [6.45, 7) is 0.642. The molecule has 68 valence electrons. The molecule has 0 aromatic heterocycles. The van der Waals surface area contributed by atoms with E-state index in [9.17, 15) is 0 Å². The van der Waals surface area contributed by atoms with Gasteiger partial charge >= 0.3 is 0 Å². The highest BCUT2D eigenvalue weighted by Gasteiger charge is 2.21. The monoisotopic (exact) mass is 176 g/mol. The van der Waals surface area contributed by atoms with E-state index in [1.54, 1.807) is 7.11 Å². The van der Waals surface area contributed by atoms with Crippen LogP contribution in [-0.2, 0) is 9.47 Å². The number of benzene rings is 1. The van der Waals surface area contributed by atoms with Crippen molar-refractivity contribution in [3.63, 3.8) is 0 Å². The van der Waals surface area contributed by atoms with Gasteiger partial charge in [-0.25, -0.2) is 0 Å². The molecule has 1 heterocycles. The molecule has 1 atom stereocenters. The number of rotatable bonds is 2. The Kier molecular flexibility index (Phi) is 2.32. The standard InChI is InChI=1S/C11H12O2/c1-12-10-7-8-13-11(10)9-5-3-2-4-6-9/h2-7,11H,8H2,1H3. The molecule has 13 heavy (non-hydrogen) atoms. The van der Waals surface area contributed by atoms with Crippen LogP contribution in [0, 0.1) is 0 Å². The summed E-state index contributed by atoms with van der Waals surface area (Å²) in [4.78, 5) is 0. The summed E-state index contributed by atoms with van der Waals surface area (Å²) in [5, 5.41) is 0. The van der Waals surface area contributed by atoms with Gasteiger partial charge in [0.15, 0.2) is 0 Å². The van der Waals surface area contributed by atoms with Gasteiger partial charge in [0.2, 0.25) is 0 Å². The maximum absolute atomic E-state index is 5.52. The first kappa shape index (κ1) is 8.32. The number of hydrogen-bond donors (Lipinski definition) is 0. The van der Waals surface area contributed by atoms with Crippen LogP contribution in [0.2, 0.25) is 0 Å². The second-order valence-electron chi connectivity index (χ2n) is 2.93. The summed E-state index contributed by atoms with van der Waals surface area (Å²) in [6.07, 6.45) is 1.96. The lowest BCUT2D eigenvalue weighted by Gasteiger charge is -2.13. The highest BCUT2D eigenvalue weighted by molar-refractivity contribution is 5.25. The van der Waals surface area contributed by atoms with Crippen LogP contribution in [0.3, 0.4) is 0 Å². The van der Waals surface area contributed by atoms with Gasteiger partial charge in [0.05, 0.1) is 13.7 Å². The van der Waals surface area contributed by atoms with Crippen LogP contribution in [0.25, 0.3) is 0 Å². The Hall–Kier alpha value is -1.28. The molecular formula is C11H12O2. The van der Waals surface area contributed by atoms with Crippen molar-refractivity contribution < 1.29 is 9.47 Å². The first-order valence-electron chi connectivity index (χ1n) is 4.32. The summed E-state index contributed by atoms with van der Waals surface area (Å²) in [6, 6.07) is 10.1. The van der Waals surface area contributed by atoms with Crippen LogP contribution in [0.15, 0.2) is 42.2 Å². The molecule has 0 N–H and O–H groups in total. The molecule has 0 bridgehead atoms. The molecule has 2 rings (SSSR count). The molecule has 0 spiro atoms. The van der Waals surface area contributed by atoms with E-state index in [1.807, 2.05) is 36.4 Å². The Morgan fingerprint density at radius 1 is 1.31 bits per heavy atom. The van der Waals surface area contributed by atoms with Gasteiger partial charge in [0.25, 0.3) is 0 Å². The van der Waals surface area contributed by atoms with Crippen molar-refractivity contribution in [2.75, 3.05) is 13.7 Å². The van der Waals surface area contributed by atoms with Crippen molar-refractivity contribution in [1.29, 1.82) is 0 Å². The molecule has 1 aromatic rings. The summed E-state index contributed by atoms with van der Waals surface area (Å²) < 4.78 is 10.7. The van der Waals surface area contributed by atoms with Gasteiger partial charge in [-0.2, -0.15) is 0 Å². The molecule has 0 radical (unpaired) electrons. The molecule has 1 unspecified atom stereocenters. The first-order valence-corrected chi connectivity index (χ1v) is 4.32. The molecule has 0 saturated heterocycles. The zero-order valence-corrected chi connectivity index (χ0v) is 7.57. The molecule has 0 saturated carbocycles. The normalized spacial score (nSPS) is 21.3. The molecule has 1 aliphatic heterocycles. The predicted molar refractivity (Wildman–Crippen MR) is 50.2 cm³/mol. The average molecular weight is 176 g/mol. The van der Waals surface area contributed by atoms with Gasteiger partial charge in [0.1, 0.15) is 11.9 Å². The lowest BCUT2D eigenvalue weighted by Crippen LogP contribution is -2.01. The largest absolute Gasteiger partial charge is 0.498 e. The van der Waals surface area contributed by atoms with E-state index in [0.717, 1.165) is 11.3 Å². The number of hydrogen-bond acceptors (Lipinski definition) is 2. The zero-order chi connectivity index (χ0) is 9.10. The van der Waals surface area contributed by atoms with Gasteiger partial charge < -0.3 is 9.47 Å². The molecule has 0 amide bonds. The van der Waals surface area contributed by atoms with Gasteiger partial charge in [0, 0.05) is 0 Å². The maximum Gasteiger partial charge on any atom is 0.140 e. The van der Waals surface area contributed by atoms with Crippen LogP contribution in [0.5, 0.6) is 0 Å². The van der Waals surface area contributed by atoms with Gasteiger partial charge in [-0.15, -0.1) is 0 Å². The van der Waals surface area contributed by atoms with Crippen molar-refractivity contribution in [2.24, 2.45) is 0 Å². The van der Waals surface area contributed by atoms with Crippen LogP contribution in [0.1, 0.15) is 11.7 Å². The fourth-order valence-corrected chi connectivity index (χ4v) is 1.49. The Morgan fingerprint density at radius 2 is 2.08 bits per heavy atom. The summed E-state index contributed by atoms with van der Waals surface area (Å²) in [7, 11) is 1.68. The van der Waals surface area contributed by atoms with E-state index in [0.29, 0.717) is 6.61 Å². The van der Waals surface area contributed by atoms with Crippen LogP contribution < -0.4 is 0 Å². The highest BCUT2D eigenvalue weighted by atomic mass is 16.5. The second-order valence-corrected chi connectivity index (χ2v) is 2.93. The third kappa shape index (κ3) is 1.58. The Morgan fingerprint density at radius 3 is 2.77 bits per heavy atom. The minimum absolute atomic E-state index is 0.00815. The minimum atomic E-state index is -0.00815. The number of methoxy groups -OCH3 is 1. The van der Waals surface area contributed by atoms with Crippen molar-refractivity contribution in [3.8, 4) is 0 Å². The van der Waals surface area contributed by atoms with Crippen molar-refractivity contribution >= 4 is 0 Å². The second kappa shape index (κ2) is 3.62. The van der Waals surface area contributed by atoms with Crippen LogP contribution >= 0.6 is 0 Å². The van der Waals surface area contributed by atoms with Crippen molar-refractivity contribution in [1.82, 2.24) is 0 Å². The summed E-state index contributed by atoms with van der Waals surface area (Å²) >= 11 is 0. The molecule has 1 aliphatic rings. The Labute approximate surface area is 77.8 Å². The molecule has 2 nitrogen and oxygen atoms in total. The molecular weight excluding hydrogens is 164 g/mol. The number of ether oxygens (including phenoxy) is 2. The van der Waals surface area contributed by atoms with E-state index >= 15 is 0 Å². The third-order valence-corrected chi connectivity index (χ3v) is 2.14. The Bertz CT molecular complexity index is 303. The van der Waals surface area contributed by atoms with Gasteiger partial charge in [-0.05, 0) is 11.6 Å². The van der Waals surface area contributed by atoms with E-state index in [4.69, 9.17) is 9.47 Å². The summed E-state index contributed by atoms with van der Waals surface area (Å²) in [5.41, 5.74) is 1.15. The third-order valence-electron chi connectivity index (χ3n) is 2.14. The fraction of sp³-hybridized carbons (Fsp3) is 0.273. The van der Waals surface area contributed by atoms with E-state index in [-0.39, 0.29) is 6.10 Å². The molecule has 1 aromatic carbocycles. The van der Waals surface area contributed by atoms with E-state index in [2.05, 4.69) is 0 Å². The maximum atomic E-state index is 5.52. The van der Waals surface area contributed by atoms with E-state index in [1.165, 1.54) is 0 Å². The highest BCUT2D eigenvalue weighted by Crippen LogP contribution is 2.29. The predicted octanol–water partition coefficient (Wildman–Crippen LogP) is 2.29.